The number of nitrogens with one attached hydrogen (secondary N) is 1. The number of carbonyl (C=O) groups excluding carboxylic acids is 1. The fourth-order valence-electron chi connectivity index (χ4n) is 2.73. The van der Waals surface area contributed by atoms with Crippen molar-refractivity contribution in [1.29, 1.82) is 0 Å². The van der Waals surface area contributed by atoms with E-state index in [1.165, 1.54) is 0 Å². The predicted molar refractivity (Wildman–Crippen MR) is 92.3 cm³/mol. The maximum atomic E-state index is 12.5. The molecule has 1 N–H and O–H groups in total. The Balaban J connectivity index is 2.11. The lowest BCUT2D eigenvalue weighted by Crippen LogP contribution is -2.52. The summed E-state index contributed by atoms with van der Waals surface area (Å²) >= 11 is 7.01. The SMILES string of the molecule is COc1ccc(C(=O)NC2(CBr)CCC(C)CC2)cc1Br. The largest absolute Gasteiger partial charge is 0.496 e. The summed E-state index contributed by atoms with van der Waals surface area (Å²) in [5, 5.41) is 4.04. The third kappa shape index (κ3) is 4.01. The van der Waals surface area contributed by atoms with Crippen molar-refractivity contribution in [3.63, 3.8) is 0 Å². The molecule has 21 heavy (non-hydrogen) atoms. The van der Waals surface area contributed by atoms with Gasteiger partial charge in [0.1, 0.15) is 5.75 Å². The number of halogens is 2. The molecule has 3 nitrogen and oxygen atoms in total. The highest BCUT2D eigenvalue weighted by Crippen LogP contribution is 2.34. The third-order valence-electron chi connectivity index (χ3n) is 4.28. The molecule has 1 aliphatic rings. The average Bonchev–Trinajstić information content (AvgIpc) is 2.49. The van der Waals surface area contributed by atoms with Gasteiger partial charge in [-0.15, -0.1) is 0 Å². The first kappa shape index (κ1) is 16.8. The van der Waals surface area contributed by atoms with E-state index in [1.807, 2.05) is 12.1 Å². The van der Waals surface area contributed by atoms with E-state index in [4.69, 9.17) is 4.74 Å². The maximum absolute atomic E-state index is 12.5. The molecule has 1 aliphatic carbocycles. The summed E-state index contributed by atoms with van der Waals surface area (Å²) < 4.78 is 5.99. The number of hydrogen-bond donors (Lipinski definition) is 1. The van der Waals surface area contributed by atoms with Crippen molar-refractivity contribution in [3.05, 3.63) is 28.2 Å². The van der Waals surface area contributed by atoms with Crippen LogP contribution in [0, 0.1) is 5.92 Å². The molecule has 0 heterocycles. The van der Waals surface area contributed by atoms with Gasteiger partial charge in [0, 0.05) is 10.9 Å². The van der Waals surface area contributed by atoms with Crippen molar-refractivity contribution >= 4 is 37.8 Å². The van der Waals surface area contributed by atoms with Gasteiger partial charge in [0.05, 0.1) is 17.1 Å². The lowest BCUT2D eigenvalue weighted by Gasteiger charge is -2.39. The lowest BCUT2D eigenvalue weighted by atomic mass is 9.78. The minimum absolute atomic E-state index is 0.0210. The van der Waals surface area contributed by atoms with Crippen LogP contribution >= 0.6 is 31.9 Å². The summed E-state index contributed by atoms with van der Waals surface area (Å²) in [7, 11) is 1.61. The van der Waals surface area contributed by atoms with Crippen molar-refractivity contribution in [2.45, 2.75) is 38.1 Å². The summed E-state index contributed by atoms with van der Waals surface area (Å²) in [5.74, 6) is 1.46. The zero-order valence-corrected chi connectivity index (χ0v) is 15.6. The Kier molecular flexibility index (Phi) is 5.72. The zero-order valence-electron chi connectivity index (χ0n) is 12.4. The molecule has 0 unspecified atom stereocenters. The van der Waals surface area contributed by atoms with Gasteiger partial charge in [-0.2, -0.15) is 0 Å². The Bertz CT molecular complexity index is 511. The molecule has 2 rings (SSSR count). The van der Waals surface area contributed by atoms with Gasteiger partial charge in [-0.1, -0.05) is 22.9 Å². The Morgan fingerprint density at radius 1 is 1.43 bits per heavy atom. The Morgan fingerprint density at radius 3 is 2.62 bits per heavy atom. The van der Waals surface area contributed by atoms with Crippen LogP contribution in [0.2, 0.25) is 0 Å². The Hall–Kier alpha value is -0.550. The smallest absolute Gasteiger partial charge is 0.251 e. The topological polar surface area (TPSA) is 38.3 Å². The van der Waals surface area contributed by atoms with Crippen LogP contribution in [0.4, 0.5) is 0 Å². The molecular weight excluding hydrogens is 398 g/mol. The molecule has 1 fully saturated rings. The van der Waals surface area contributed by atoms with E-state index in [9.17, 15) is 4.79 Å². The molecule has 1 aromatic rings. The van der Waals surface area contributed by atoms with Crippen molar-refractivity contribution in [3.8, 4) is 5.75 Å². The van der Waals surface area contributed by atoms with Crippen LogP contribution in [-0.4, -0.2) is 23.9 Å². The molecule has 0 saturated heterocycles. The highest BCUT2D eigenvalue weighted by molar-refractivity contribution is 9.10. The first-order valence-corrected chi connectivity index (χ1v) is 9.13. The minimum Gasteiger partial charge on any atom is -0.496 e. The summed E-state index contributed by atoms with van der Waals surface area (Å²) in [5.41, 5.74) is 0.539. The lowest BCUT2D eigenvalue weighted by molar-refractivity contribution is 0.0874. The molecule has 1 aromatic carbocycles. The molecular formula is C16H21Br2NO2. The van der Waals surface area contributed by atoms with E-state index in [-0.39, 0.29) is 11.4 Å². The van der Waals surface area contributed by atoms with Crippen LogP contribution < -0.4 is 10.1 Å². The van der Waals surface area contributed by atoms with Crippen molar-refractivity contribution in [2.24, 2.45) is 5.92 Å². The molecule has 0 bridgehead atoms. The number of hydrogen-bond acceptors (Lipinski definition) is 2. The quantitative estimate of drug-likeness (QED) is 0.729. The van der Waals surface area contributed by atoms with Crippen LogP contribution in [0.3, 0.4) is 0 Å². The van der Waals surface area contributed by atoms with Crippen LogP contribution in [0.5, 0.6) is 5.75 Å². The van der Waals surface area contributed by atoms with E-state index in [0.29, 0.717) is 5.56 Å². The average molecular weight is 419 g/mol. The Morgan fingerprint density at radius 2 is 2.10 bits per heavy atom. The second-order valence-corrected chi connectivity index (χ2v) is 7.32. The molecule has 1 saturated carbocycles. The van der Waals surface area contributed by atoms with Gasteiger partial charge in [0.15, 0.2) is 0 Å². The van der Waals surface area contributed by atoms with Gasteiger partial charge in [0.25, 0.3) is 5.91 Å². The van der Waals surface area contributed by atoms with Gasteiger partial charge in [0.2, 0.25) is 0 Å². The van der Waals surface area contributed by atoms with Crippen molar-refractivity contribution < 1.29 is 9.53 Å². The summed E-state index contributed by atoms with van der Waals surface area (Å²) in [6, 6.07) is 5.41. The highest BCUT2D eigenvalue weighted by Gasteiger charge is 2.34. The fraction of sp³-hybridized carbons (Fsp3) is 0.562. The van der Waals surface area contributed by atoms with Crippen LogP contribution in [-0.2, 0) is 0 Å². The standard InChI is InChI=1S/C16H21Br2NO2/c1-11-5-7-16(10-17,8-6-11)19-15(20)12-3-4-14(21-2)13(18)9-12/h3-4,9,11H,5-8,10H2,1-2H3,(H,19,20). The zero-order chi connectivity index (χ0) is 15.5. The first-order chi connectivity index (χ1) is 9.99. The van der Waals surface area contributed by atoms with Crippen LogP contribution in [0.15, 0.2) is 22.7 Å². The number of rotatable bonds is 4. The monoisotopic (exact) mass is 417 g/mol. The van der Waals surface area contributed by atoms with Gasteiger partial charge < -0.3 is 10.1 Å². The number of amides is 1. The van der Waals surface area contributed by atoms with Crippen LogP contribution in [0.25, 0.3) is 0 Å². The third-order valence-corrected chi connectivity index (χ3v) is 5.97. The number of ether oxygens (including phenoxy) is 1. The summed E-state index contributed by atoms with van der Waals surface area (Å²) in [6.45, 7) is 2.28. The summed E-state index contributed by atoms with van der Waals surface area (Å²) in [4.78, 5) is 12.5. The van der Waals surface area contributed by atoms with E-state index >= 15 is 0 Å². The van der Waals surface area contributed by atoms with Crippen LogP contribution in [0.1, 0.15) is 43.0 Å². The fourth-order valence-corrected chi connectivity index (χ4v) is 3.97. The Labute approximate surface area is 143 Å². The summed E-state index contributed by atoms with van der Waals surface area (Å²) in [6.07, 6.45) is 4.39. The number of carbonyl (C=O) groups is 1. The molecule has 0 aliphatic heterocycles. The molecule has 0 radical (unpaired) electrons. The van der Waals surface area contributed by atoms with Crippen molar-refractivity contribution in [1.82, 2.24) is 5.32 Å². The maximum Gasteiger partial charge on any atom is 0.251 e. The minimum atomic E-state index is -0.115. The first-order valence-electron chi connectivity index (χ1n) is 7.22. The molecule has 116 valence electrons. The van der Waals surface area contributed by atoms with Crippen molar-refractivity contribution in [2.75, 3.05) is 12.4 Å². The van der Waals surface area contributed by atoms with Gasteiger partial charge in [-0.25, -0.2) is 0 Å². The predicted octanol–water partition coefficient (Wildman–Crippen LogP) is 4.53. The molecule has 0 aromatic heterocycles. The normalized spacial score (nSPS) is 25.4. The van der Waals surface area contributed by atoms with E-state index in [1.54, 1.807) is 13.2 Å². The van der Waals surface area contributed by atoms with Gasteiger partial charge in [-0.05, 0) is 65.7 Å². The number of benzene rings is 1. The molecule has 0 atom stereocenters. The van der Waals surface area contributed by atoms with E-state index in [2.05, 4.69) is 44.1 Å². The number of methoxy groups -OCH3 is 1. The molecule has 1 amide bonds. The van der Waals surface area contributed by atoms with E-state index < -0.39 is 0 Å². The van der Waals surface area contributed by atoms with Gasteiger partial charge in [-0.3, -0.25) is 4.79 Å². The molecule has 5 heteroatoms. The molecule has 0 spiro atoms. The number of alkyl halides is 1. The van der Waals surface area contributed by atoms with Gasteiger partial charge >= 0.3 is 0 Å². The highest BCUT2D eigenvalue weighted by atomic mass is 79.9. The second-order valence-electron chi connectivity index (χ2n) is 5.90. The van der Waals surface area contributed by atoms with E-state index in [0.717, 1.165) is 47.2 Å². The second kappa shape index (κ2) is 7.14.